The number of nitrogens with zero attached hydrogens (tertiary/aromatic N) is 4. The van der Waals surface area contributed by atoms with Gasteiger partial charge < -0.3 is 0 Å². The summed E-state index contributed by atoms with van der Waals surface area (Å²) < 4.78 is 4.70. The number of aromatic nitrogens is 4. The smallest absolute Gasteiger partial charge is 0.244 e. The van der Waals surface area contributed by atoms with Crippen LogP contribution in [0.25, 0.3) is 44.1 Å². The van der Waals surface area contributed by atoms with Gasteiger partial charge in [0.05, 0.1) is 19.7 Å². The van der Waals surface area contributed by atoms with E-state index in [1.807, 2.05) is 6.20 Å². The van der Waals surface area contributed by atoms with Gasteiger partial charge in [0, 0.05) is 17.0 Å². The van der Waals surface area contributed by atoms with E-state index in [1.54, 1.807) is 6.33 Å². The number of hydrogen-bond donors (Lipinski definition) is 0. The zero-order valence-corrected chi connectivity index (χ0v) is 19.1. The summed E-state index contributed by atoms with van der Waals surface area (Å²) in [7, 11) is 4.37. The van der Waals surface area contributed by atoms with Gasteiger partial charge in [-0.1, -0.05) is 64.1 Å². The van der Waals surface area contributed by atoms with Crippen molar-refractivity contribution in [1.82, 2.24) is 14.5 Å². The predicted octanol–water partition coefficient (Wildman–Crippen LogP) is 6.01. The molecule has 156 valence electrons. The summed E-state index contributed by atoms with van der Waals surface area (Å²) >= 11 is 0. The molecule has 0 saturated carbocycles. The molecule has 0 fully saturated rings. The Labute approximate surface area is 183 Å². The van der Waals surface area contributed by atoms with Gasteiger partial charge in [0.15, 0.2) is 5.52 Å². The van der Waals surface area contributed by atoms with Gasteiger partial charge in [0.25, 0.3) is 5.82 Å². The molecule has 0 amide bonds. The van der Waals surface area contributed by atoms with Crippen LogP contribution in [0, 0.1) is 0 Å². The minimum atomic E-state index is 0.433. The molecule has 0 radical (unpaired) electrons. The maximum Gasteiger partial charge on any atom is 0.290 e. The van der Waals surface area contributed by atoms with E-state index in [0.29, 0.717) is 11.8 Å². The SMILES string of the molecule is CC(C)c1cccc(C(C)C)c1-c1n(C)c2c3ncncc3c3ccccc3c2[n+]1C. The van der Waals surface area contributed by atoms with E-state index in [1.165, 1.54) is 38.8 Å². The molecule has 0 bridgehead atoms. The van der Waals surface area contributed by atoms with Crippen LogP contribution in [0.1, 0.15) is 50.7 Å². The molecule has 3 aromatic carbocycles. The van der Waals surface area contributed by atoms with Crippen molar-refractivity contribution >= 4 is 32.7 Å². The molecule has 0 aliphatic carbocycles. The van der Waals surface area contributed by atoms with Gasteiger partial charge in [-0.2, -0.15) is 0 Å². The minimum Gasteiger partial charge on any atom is -0.244 e. The first-order valence-corrected chi connectivity index (χ1v) is 11.0. The van der Waals surface area contributed by atoms with E-state index >= 15 is 0 Å². The maximum absolute atomic E-state index is 4.74. The van der Waals surface area contributed by atoms with Crippen molar-refractivity contribution in [2.24, 2.45) is 14.1 Å². The number of imidazole rings is 1. The van der Waals surface area contributed by atoms with Crippen LogP contribution in [0.5, 0.6) is 0 Å². The van der Waals surface area contributed by atoms with Crippen molar-refractivity contribution in [3.05, 3.63) is 66.1 Å². The molecule has 0 spiro atoms. The summed E-state index contributed by atoms with van der Waals surface area (Å²) in [5, 5.41) is 3.52. The van der Waals surface area contributed by atoms with Gasteiger partial charge in [0.1, 0.15) is 11.8 Å². The van der Waals surface area contributed by atoms with Crippen LogP contribution in [0.2, 0.25) is 0 Å². The molecule has 0 atom stereocenters. The second-order valence-electron chi connectivity index (χ2n) is 9.09. The van der Waals surface area contributed by atoms with E-state index in [4.69, 9.17) is 4.98 Å². The Bertz CT molecular complexity index is 1350. The summed E-state index contributed by atoms with van der Waals surface area (Å²) in [6.07, 6.45) is 3.60. The highest BCUT2D eigenvalue weighted by Gasteiger charge is 2.31. The second kappa shape index (κ2) is 7.16. The van der Waals surface area contributed by atoms with Crippen LogP contribution < -0.4 is 4.57 Å². The summed E-state index contributed by atoms with van der Waals surface area (Å²) in [6, 6.07) is 15.4. The standard InChI is InChI=1S/C27H29N4/c1-16(2)18-12-9-13-19(17(3)4)23(18)27-30(5)25-21-11-8-7-10-20(21)22-14-28-15-29-24(22)26(25)31(27)6/h7-17H,1-6H3/q+1. The van der Waals surface area contributed by atoms with E-state index in [2.05, 4.69) is 98.4 Å². The molecular formula is C27H29N4+. The highest BCUT2D eigenvalue weighted by Crippen LogP contribution is 2.39. The normalized spacial score (nSPS) is 12.1. The van der Waals surface area contributed by atoms with Crippen molar-refractivity contribution in [1.29, 1.82) is 0 Å². The van der Waals surface area contributed by atoms with Gasteiger partial charge in [-0.25, -0.2) is 19.1 Å². The summed E-state index contributed by atoms with van der Waals surface area (Å²) in [6.45, 7) is 9.13. The first kappa shape index (κ1) is 19.7. The third-order valence-corrected chi connectivity index (χ3v) is 6.54. The lowest BCUT2D eigenvalue weighted by Crippen LogP contribution is -2.31. The number of benzene rings is 3. The molecule has 5 aromatic rings. The average Bonchev–Trinajstić information content (AvgIpc) is 3.03. The Balaban J connectivity index is 2.04. The first-order chi connectivity index (χ1) is 14.9. The van der Waals surface area contributed by atoms with Gasteiger partial charge in [-0.3, -0.25) is 0 Å². The molecule has 2 aromatic heterocycles. The van der Waals surface area contributed by atoms with E-state index in [0.717, 1.165) is 16.4 Å². The summed E-state index contributed by atoms with van der Waals surface area (Å²) in [4.78, 5) is 9.07. The van der Waals surface area contributed by atoms with Crippen LogP contribution >= 0.6 is 0 Å². The second-order valence-corrected chi connectivity index (χ2v) is 9.09. The molecule has 0 aliphatic rings. The molecule has 0 N–H and O–H groups in total. The van der Waals surface area contributed by atoms with Crippen molar-refractivity contribution in [3.63, 3.8) is 0 Å². The van der Waals surface area contributed by atoms with Crippen LogP contribution in [0.4, 0.5) is 0 Å². The Hall–Kier alpha value is -3.27. The Morgan fingerprint density at radius 1 is 0.839 bits per heavy atom. The minimum absolute atomic E-state index is 0.433. The molecule has 0 unspecified atom stereocenters. The molecule has 0 saturated heterocycles. The monoisotopic (exact) mass is 409 g/mol. The fraction of sp³-hybridized carbons (Fsp3) is 0.296. The third-order valence-electron chi connectivity index (χ3n) is 6.54. The average molecular weight is 410 g/mol. The molecule has 4 heteroatoms. The van der Waals surface area contributed by atoms with Crippen molar-refractivity contribution in [3.8, 4) is 11.4 Å². The van der Waals surface area contributed by atoms with E-state index in [9.17, 15) is 0 Å². The molecule has 31 heavy (non-hydrogen) atoms. The van der Waals surface area contributed by atoms with E-state index in [-0.39, 0.29) is 0 Å². The zero-order valence-electron chi connectivity index (χ0n) is 19.1. The molecule has 0 aliphatic heterocycles. The Morgan fingerprint density at radius 2 is 1.48 bits per heavy atom. The lowest BCUT2D eigenvalue weighted by molar-refractivity contribution is -0.633. The number of rotatable bonds is 3. The van der Waals surface area contributed by atoms with Gasteiger partial charge >= 0.3 is 0 Å². The molecule has 4 nitrogen and oxygen atoms in total. The maximum atomic E-state index is 4.74. The topological polar surface area (TPSA) is 34.6 Å². The first-order valence-electron chi connectivity index (χ1n) is 11.0. The zero-order chi connectivity index (χ0) is 21.9. The van der Waals surface area contributed by atoms with Gasteiger partial charge in [-0.05, 0) is 34.4 Å². The number of hydrogen-bond acceptors (Lipinski definition) is 2. The lowest BCUT2D eigenvalue weighted by Gasteiger charge is -2.17. The van der Waals surface area contributed by atoms with Gasteiger partial charge in [-0.15, -0.1) is 0 Å². The van der Waals surface area contributed by atoms with Crippen molar-refractivity contribution < 1.29 is 4.57 Å². The van der Waals surface area contributed by atoms with Crippen LogP contribution in [0.3, 0.4) is 0 Å². The number of aryl methyl sites for hydroxylation is 2. The number of fused-ring (bicyclic) bond motifs is 6. The predicted molar refractivity (Wildman–Crippen MR) is 128 cm³/mol. The van der Waals surface area contributed by atoms with Crippen molar-refractivity contribution in [2.75, 3.05) is 0 Å². The van der Waals surface area contributed by atoms with Crippen LogP contribution in [0.15, 0.2) is 55.0 Å². The quantitative estimate of drug-likeness (QED) is 0.270. The fourth-order valence-electron chi connectivity index (χ4n) is 5.12. The summed E-state index contributed by atoms with van der Waals surface area (Å²) in [5.74, 6) is 2.09. The highest BCUT2D eigenvalue weighted by molar-refractivity contribution is 6.21. The fourth-order valence-corrected chi connectivity index (χ4v) is 5.12. The Kier molecular flexibility index (Phi) is 4.54. The van der Waals surface area contributed by atoms with Crippen LogP contribution in [-0.2, 0) is 14.1 Å². The molecular weight excluding hydrogens is 380 g/mol. The van der Waals surface area contributed by atoms with Crippen LogP contribution in [-0.4, -0.2) is 14.5 Å². The third kappa shape index (κ3) is 2.78. The van der Waals surface area contributed by atoms with Crippen molar-refractivity contribution in [2.45, 2.75) is 39.5 Å². The largest absolute Gasteiger partial charge is 0.290 e. The highest BCUT2D eigenvalue weighted by atomic mass is 15.1. The molecule has 2 heterocycles. The van der Waals surface area contributed by atoms with Gasteiger partial charge in [0.2, 0.25) is 5.52 Å². The van der Waals surface area contributed by atoms with E-state index < -0.39 is 0 Å². The Morgan fingerprint density at radius 3 is 2.13 bits per heavy atom. The molecule has 5 rings (SSSR count). The summed E-state index contributed by atoms with van der Waals surface area (Å²) in [5.41, 5.74) is 7.49. The lowest BCUT2D eigenvalue weighted by atomic mass is 9.88.